The smallest absolute Gasteiger partial charge is 0.252 e. The highest BCUT2D eigenvalue weighted by Gasteiger charge is 2.47. The summed E-state index contributed by atoms with van der Waals surface area (Å²) in [6, 6.07) is 135. The molecule has 0 aromatic heterocycles. The molecule has 0 fully saturated rings. The van der Waals surface area contributed by atoms with Crippen molar-refractivity contribution in [1.82, 2.24) is 0 Å². The fourth-order valence-electron chi connectivity index (χ4n) is 15.6. The van der Waals surface area contributed by atoms with Gasteiger partial charge in [0, 0.05) is 87.6 Å². The lowest BCUT2D eigenvalue weighted by Gasteiger charge is -2.46. The summed E-state index contributed by atoms with van der Waals surface area (Å²) in [4.78, 5) is 15.2. The zero-order valence-electron chi connectivity index (χ0n) is 53.4. The normalized spacial score (nSPS) is 12.7. The molecule has 15 aromatic rings. The Balaban J connectivity index is 0.915. The van der Waals surface area contributed by atoms with Gasteiger partial charge in [-0.15, -0.1) is 0 Å². The molecule has 0 bridgehead atoms. The van der Waals surface area contributed by atoms with Crippen LogP contribution in [-0.2, 0) is 0 Å². The highest BCUT2D eigenvalue weighted by atomic mass is 32.2. The third-order valence-electron chi connectivity index (χ3n) is 19.9. The average molecular weight is 1280 g/mol. The number of rotatable bonds is 12. The number of hydrogen-bond donors (Lipinski definition) is 0. The summed E-state index contributed by atoms with van der Waals surface area (Å²) in [5.74, 6) is 0. The van der Waals surface area contributed by atoms with Gasteiger partial charge in [-0.05, 0) is 158 Å². The summed E-state index contributed by atoms with van der Waals surface area (Å²) in [5, 5.41) is 0. The van der Waals surface area contributed by atoms with E-state index in [1.54, 1.807) is 0 Å². The molecule has 0 saturated carbocycles. The van der Waals surface area contributed by atoms with Crippen molar-refractivity contribution in [2.45, 2.75) is 19.6 Å². The maximum atomic E-state index is 2.69. The monoisotopic (exact) mass is 1280 g/mol. The van der Waals surface area contributed by atoms with Crippen LogP contribution in [0.4, 0.5) is 68.2 Å². The second kappa shape index (κ2) is 24.2. The number of hydrogen-bond acceptors (Lipinski definition) is 6. The average Bonchev–Trinajstić information content (AvgIpc) is 0.687. The van der Waals surface area contributed by atoms with Crippen LogP contribution in [0.5, 0.6) is 0 Å². The number of fused-ring (bicyclic) bond motifs is 8. The first kappa shape index (κ1) is 57.7. The molecule has 0 atom stereocenters. The Morgan fingerprint density at radius 3 is 1.17 bits per heavy atom. The molecule has 0 radical (unpaired) electrons. The van der Waals surface area contributed by atoms with Crippen molar-refractivity contribution in [3.05, 3.63) is 364 Å². The third-order valence-corrected chi connectivity index (χ3v) is 22.2. The Morgan fingerprint density at radius 2 is 0.633 bits per heavy atom. The fourth-order valence-corrected chi connectivity index (χ4v) is 18.1. The molecule has 0 aliphatic carbocycles. The molecule has 0 N–H and O–H groups in total. The molecule has 4 aliphatic rings. The molecule has 0 amide bonds. The maximum absolute atomic E-state index is 2.69. The van der Waals surface area contributed by atoms with Crippen LogP contribution in [0.2, 0.25) is 0 Å². The first-order chi connectivity index (χ1) is 48.6. The molecular formula is C90H60B2N4S2. The lowest BCUT2D eigenvalue weighted by atomic mass is 9.31. The van der Waals surface area contributed by atoms with E-state index in [0.29, 0.717) is 0 Å². The summed E-state index contributed by atoms with van der Waals surface area (Å²) >= 11 is 3.84. The predicted octanol–water partition coefficient (Wildman–Crippen LogP) is 20.8. The van der Waals surface area contributed by atoms with Crippen molar-refractivity contribution in [2.24, 2.45) is 0 Å². The molecule has 8 heteroatoms. The van der Waals surface area contributed by atoms with Crippen molar-refractivity contribution in [1.29, 1.82) is 0 Å². The zero-order chi connectivity index (χ0) is 64.6. The third kappa shape index (κ3) is 9.81. The number of benzene rings is 15. The van der Waals surface area contributed by atoms with Gasteiger partial charge in [-0.25, -0.2) is 0 Å². The minimum atomic E-state index is -0.179. The van der Waals surface area contributed by atoms with E-state index in [2.05, 4.69) is 384 Å². The highest BCUT2D eigenvalue weighted by molar-refractivity contribution is 8.01. The number of para-hydroxylation sites is 5. The van der Waals surface area contributed by atoms with Crippen molar-refractivity contribution < 1.29 is 0 Å². The van der Waals surface area contributed by atoms with Gasteiger partial charge in [0.15, 0.2) is 0 Å². The number of anilines is 12. The quantitative estimate of drug-likeness (QED) is 0.112. The summed E-state index contributed by atoms with van der Waals surface area (Å²) in [6.45, 7) is -0.209. The van der Waals surface area contributed by atoms with Crippen LogP contribution >= 0.6 is 23.5 Å². The van der Waals surface area contributed by atoms with Gasteiger partial charge in [-0.1, -0.05) is 295 Å². The van der Waals surface area contributed by atoms with E-state index in [4.69, 9.17) is 0 Å². The van der Waals surface area contributed by atoms with Gasteiger partial charge < -0.3 is 19.6 Å². The largest absolute Gasteiger partial charge is 0.311 e. The Bertz CT molecular complexity index is 5340. The Morgan fingerprint density at radius 1 is 0.224 bits per heavy atom. The van der Waals surface area contributed by atoms with E-state index in [9.17, 15) is 0 Å². The molecule has 0 spiro atoms. The first-order valence-electron chi connectivity index (χ1n) is 33.6. The maximum Gasteiger partial charge on any atom is 0.252 e. The molecule has 4 aliphatic heterocycles. The fraction of sp³-hybridized carbons (Fsp3) is 0. The summed E-state index contributed by atoms with van der Waals surface area (Å²) in [5.41, 5.74) is 30.3. The van der Waals surface area contributed by atoms with Crippen LogP contribution in [0, 0.1) is 0 Å². The van der Waals surface area contributed by atoms with Crippen LogP contribution in [0.3, 0.4) is 0 Å². The summed E-state index contributed by atoms with van der Waals surface area (Å²) in [6.07, 6.45) is 0. The highest BCUT2D eigenvalue weighted by Crippen LogP contribution is 2.54. The van der Waals surface area contributed by atoms with Crippen LogP contribution in [-0.4, -0.2) is 13.4 Å². The SMILES string of the molecule is c1ccc(-c2ccc(N(c3ccc(-c4ccccc4)cc3)c3cc4c5c(c3)N(c3c(-c6ccccc6)cccc3-c3ccccc3)c3cc6c(cc3B5c3ccccc3N4c3ccccc3)B3c4ccccc4Sc4cc(N(c5ccccc5)c5ccccc5)cc(c43)S6)cc2)cc1. The van der Waals surface area contributed by atoms with Gasteiger partial charge in [0.25, 0.3) is 6.71 Å². The molecule has 0 unspecified atom stereocenters. The molecule has 15 aromatic carbocycles. The van der Waals surface area contributed by atoms with E-state index in [1.165, 1.54) is 63.5 Å². The van der Waals surface area contributed by atoms with Gasteiger partial charge in [0.1, 0.15) is 0 Å². The molecule has 458 valence electrons. The lowest BCUT2D eigenvalue weighted by Crippen LogP contribution is -2.64. The predicted molar refractivity (Wildman–Crippen MR) is 417 cm³/mol. The Labute approximate surface area is 581 Å². The van der Waals surface area contributed by atoms with E-state index in [-0.39, 0.29) is 13.4 Å². The topological polar surface area (TPSA) is 13.0 Å². The van der Waals surface area contributed by atoms with E-state index in [0.717, 1.165) is 102 Å². The van der Waals surface area contributed by atoms with Crippen molar-refractivity contribution in [2.75, 3.05) is 19.6 Å². The summed E-state index contributed by atoms with van der Waals surface area (Å²) in [7, 11) is 0. The minimum Gasteiger partial charge on any atom is -0.311 e. The van der Waals surface area contributed by atoms with Crippen molar-refractivity contribution in [3.8, 4) is 44.5 Å². The van der Waals surface area contributed by atoms with Gasteiger partial charge in [0.2, 0.25) is 6.71 Å². The van der Waals surface area contributed by atoms with Gasteiger partial charge in [-0.3, -0.25) is 0 Å². The Kier molecular flexibility index (Phi) is 14.3. The minimum absolute atomic E-state index is 0.0297. The van der Waals surface area contributed by atoms with Crippen molar-refractivity contribution in [3.63, 3.8) is 0 Å². The molecule has 4 heterocycles. The van der Waals surface area contributed by atoms with Crippen LogP contribution in [0.15, 0.2) is 384 Å². The van der Waals surface area contributed by atoms with E-state index in [1.807, 2.05) is 23.5 Å². The zero-order valence-corrected chi connectivity index (χ0v) is 55.0. The lowest BCUT2D eigenvalue weighted by molar-refractivity contribution is 1.22. The first-order valence-corrected chi connectivity index (χ1v) is 35.2. The standard InChI is InChI=1S/C90H60B2N4S2/c1-8-27-61(28-9-1)63-47-51-70(52-48-63)94(71-53-49-64(50-54-71)62-29-10-2-11-30-62)72-55-82-88-83(56-72)96(90-74(65-31-12-3-13-32-65)41-26-42-75(90)66-33-14-4-15-34-66)81-60-85-79(59-78(81)91(88)76-43-22-24-45-80(76)95(82)69-39-20-7-21-40-69)92-77-44-23-25-46-84(77)97-86-57-73(58-87(98-85)89(86)92)93(67-35-16-5-17-36-67)68-37-18-6-19-38-68/h1-60H. The molecular weight excluding hydrogens is 1220 g/mol. The van der Waals surface area contributed by atoms with Crippen LogP contribution in [0.1, 0.15) is 0 Å². The van der Waals surface area contributed by atoms with Gasteiger partial charge >= 0.3 is 0 Å². The van der Waals surface area contributed by atoms with Crippen LogP contribution in [0.25, 0.3) is 44.5 Å². The second-order valence-electron chi connectivity index (χ2n) is 25.5. The van der Waals surface area contributed by atoms with Gasteiger partial charge in [0.05, 0.1) is 11.4 Å². The molecule has 19 rings (SSSR count). The summed E-state index contributed by atoms with van der Waals surface area (Å²) < 4.78 is 0. The van der Waals surface area contributed by atoms with E-state index >= 15 is 0 Å². The van der Waals surface area contributed by atoms with Crippen molar-refractivity contribution >= 4 is 138 Å². The Hall–Kier alpha value is -11.7. The molecule has 4 nitrogen and oxygen atoms in total. The van der Waals surface area contributed by atoms with Crippen LogP contribution < -0.4 is 52.4 Å². The number of nitrogens with zero attached hydrogens (tertiary/aromatic N) is 4. The van der Waals surface area contributed by atoms with E-state index < -0.39 is 0 Å². The second-order valence-corrected chi connectivity index (χ2v) is 27.6. The van der Waals surface area contributed by atoms with Gasteiger partial charge in [-0.2, -0.15) is 0 Å². The molecule has 0 saturated heterocycles. The molecule has 98 heavy (non-hydrogen) atoms.